The molecule has 4 heteroatoms. The van der Waals surface area contributed by atoms with Gasteiger partial charge >= 0.3 is 0 Å². The molecule has 1 aliphatic carbocycles. The van der Waals surface area contributed by atoms with Crippen LogP contribution in [0.3, 0.4) is 0 Å². The summed E-state index contributed by atoms with van der Waals surface area (Å²) >= 11 is 0. The van der Waals surface area contributed by atoms with Gasteiger partial charge in [-0.25, -0.2) is 0 Å². The fraction of sp³-hybridized carbons (Fsp3) is 0.933. The van der Waals surface area contributed by atoms with Crippen LogP contribution in [0.1, 0.15) is 32.6 Å². The predicted octanol–water partition coefficient (Wildman–Crippen LogP) is 1.29. The number of likely N-dealkylation sites (N-methyl/N-ethyl adjacent to an activating group) is 3. The molecule has 0 aromatic heterocycles. The van der Waals surface area contributed by atoms with Gasteiger partial charge in [0.1, 0.15) is 5.54 Å². The Hall–Kier alpha value is -0.630. The van der Waals surface area contributed by atoms with Crippen LogP contribution in [-0.4, -0.2) is 61.7 Å². The molecule has 1 heterocycles. The minimum atomic E-state index is -0.320. The average molecular weight is 264 g/mol. The monoisotopic (exact) mass is 264 g/mol. The Labute approximate surface area is 117 Å². The molecule has 4 nitrogen and oxygen atoms in total. The SMILES string of the molecule is CCNC(C#N)(CN(C)C1CCCN(C)C1)C1CC1. The summed E-state index contributed by atoms with van der Waals surface area (Å²) in [7, 11) is 4.39. The minimum Gasteiger partial charge on any atom is -0.305 e. The predicted molar refractivity (Wildman–Crippen MR) is 77.9 cm³/mol. The molecule has 1 aliphatic heterocycles. The first kappa shape index (κ1) is 14.8. The van der Waals surface area contributed by atoms with E-state index in [0.29, 0.717) is 12.0 Å². The van der Waals surface area contributed by atoms with E-state index in [1.807, 2.05) is 0 Å². The molecule has 0 radical (unpaired) electrons. The molecule has 0 spiro atoms. The van der Waals surface area contributed by atoms with E-state index in [2.05, 4.69) is 42.2 Å². The van der Waals surface area contributed by atoms with Crippen LogP contribution in [-0.2, 0) is 0 Å². The van der Waals surface area contributed by atoms with Gasteiger partial charge in [-0.2, -0.15) is 5.26 Å². The van der Waals surface area contributed by atoms with Gasteiger partial charge in [-0.15, -0.1) is 0 Å². The molecule has 2 fully saturated rings. The van der Waals surface area contributed by atoms with Crippen molar-refractivity contribution in [2.45, 2.75) is 44.2 Å². The van der Waals surface area contributed by atoms with Crippen molar-refractivity contribution in [1.29, 1.82) is 5.26 Å². The molecule has 2 unspecified atom stereocenters. The molecule has 2 aliphatic rings. The third kappa shape index (κ3) is 3.47. The van der Waals surface area contributed by atoms with Crippen LogP contribution in [0, 0.1) is 17.2 Å². The number of likely N-dealkylation sites (tertiary alicyclic amines) is 1. The van der Waals surface area contributed by atoms with E-state index in [1.54, 1.807) is 0 Å². The topological polar surface area (TPSA) is 42.3 Å². The number of hydrogen-bond acceptors (Lipinski definition) is 4. The lowest BCUT2D eigenvalue weighted by molar-refractivity contribution is 0.110. The Morgan fingerprint density at radius 1 is 1.42 bits per heavy atom. The van der Waals surface area contributed by atoms with E-state index in [1.165, 1.54) is 32.2 Å². The highest BCUT2D eigenvalue weighted by molar-refractivity contribution is 5.16. The highest BCUT2D eigenvalue weighted by Gasteiger charge is 2.46. The lowest BCUT2D eigenvalue weighted by atomic mass is 9.92. The summed E-state index contributed by atoms with van der Waals surface area (Å²) in [6.07, 6.45) is 4.95. The summed E-state index contributed by atoms with van der Waals surface area (Å²) in [5.41, 5.74) is -0.320. The second-order valence-electron chi connectivity index (χ2n) is 6.36. The highest BCUT2D eigenvalue weighted by atomic mass is 15.2. The summed E-state index contributed by atoms with van der Waals surface area (Å²) in [5, 5.41) is 13.1. The lowest BCUT2D eigenvalue weighted by Crippen LogP contribution is -2.57. The van der Waals surface area contributed by atoms with Gasteiger partial charge in [0, 0.05) is 19.1 Å². The van der Waals surface area contributed by atoms with Crippen molar-refractivity contribution >= 4 is 0 Å². The Bertz CT molecular complexity index is 334. The minimum absolute atomic E-state index is 0.320. The van der Waals surface area contributed by atoms with Crippen LogP contribution >= 0.6 is 0 Å². The van der Waals surface area contributed by atoms with E-state index in [-0.39, 0.29) is 5.54 Å². The molecule has 0 amide bonds. The van der Waals surface area contributed by atoms with Gasteiger partial charge in [0.15, 0.2) is 0 Å². The van der Waals surface area contributed by atoms with Gasteiger partial charge in [-0.05, 0) is 58.8 Å². The zero-order valence-corrected chi connectivity index (χ0v) is 12.7. The molecule has 1 N–H and O–H groups in total. The fourth-order valence-electron chi connectivity index (χ4n) is 3.41. The van der Waals surface area contributed by atoms with E-state index < -0.39 is 0 Å². The normalized spacial score (nSPS) is 28.1. The van der Waals surface area contributed by atoms with Crippen LogP contribution < -0.4 is 5.32 Å². The number of piperidine rings is 1. The standard InChI is InChI=1S/C15H28N4/c1-4-17-15(11-16,13-7-8-13)12-19(3)14-6-5-9-18(2)10-14/h13-14,17H,4-10,12H2,1-3H3. The van der Waals surface area contributed by atoms with Crippen LogP contribution in [0.5, 0.6) is 0 Å². The van der Waals surface area contributed by atoms with Gasteiger partial charge in [0.25, 0.3) is 0 Å². The number of hydrogen-bond donors (Lipinski definition) is 1. The zero-order chi connectivity index (χ0) is 13.9. The van der Waals surface area contributed by atoms with Crippen LogP contribution in [0.4, 0.5) is 0 Å². The lowest BCUT2D eigenvalue weighted by Gasteiger charge is -2.40. The number of nitrogens with zero attached hydrogens (tertiary/aromatic N) is 3. The fourth-order valence-corrected chi connectivity index (χ4v) is 3.41. The van der Waals surface area contributed by atoms with Crippen molar-refractivity contribution in [3.63, 3.8) is 0 Å². The van der Waals surface area contributed by atoms with Crippen molar-refractivity contribution in [1.82, 2.24) is 15.1 Å². The van der Waals surface area contributed by atoms with Crippen LogP contribution in [0.15, 0.2) is 0 Å². The molecule has 2 atom stereocenters. The van der Waals surface area contributed by atoms with Crippen molar-refractivity contribution in [2.24, 2.45) is 5.92 Å². The quantitative estimate of drug-likeness (QED) is 0.785. The summed E-state index contributed by atoms with van der Waals surface area (Å²) < 4.78 is 0. The second kappa shape index (κ2) is 6.21. The number of nitriles is 1. The van der Waals surface area contributed by atoms with Gasteiger partial charge in [-0.1, -0.05) is 6.92 Å². The smallest absolute Gasteiger partial charge is 0.122 e. The molecule has 0 aromatic carbocycles. The van der Waals surface area contributed by atoms with Gasteiger partial charge in [-0.3, -0.25) is 10.2 Å². The molecule has 108 valence electrons. The van der Waals surface area contributed by atoms with Gasteiger partial charge < -0.3 is 4.90 Å². The van der Waals surface area contributed by atoms with Crippen molar-refractivity contribution in [2.75, 3.05) is 40.3 Å². The highest BCUT2D eigenvalue weighted by Crippen LogP contribution is 2.40. The molecule has 2 rings (SSSR count). The largest absolute Gasteiger partial charge is 0.305 e. The Morgan fingerprint density at radius 3 is 2.68 bits per heavy atom. The zero-order valence-electron chi connectivity index (χ0n) is 12.7. The Kier molecular flexibility index (Phi) is 4.83. The van der Waals surface area contributed by atoms with E-state index in [4.69, 9.17) is 0 Å². The molecule has 0 bridgehead atoms. The average Bonchev–Trinajstić information content (AvgIpc) is 3.22. The van der Waals surface area contributed by atoms with Crippen LogP contribution in [0.25, 0.3) is 0 Å². The van der Waals surface area contributed by atoms with E-state index >= 15 is 0 Å². The third-order valence-electron chi connectivity index (χ3n) is 4.69. The summed E-state index contributed by atoms with van der Waals surface area (Å²) in [6.45, 7) is 6.18. The first-order valence-corrected chi connectivity index (χ1v) is 7.66. The van der Waals surface area contributed by atoms with Crippen molar-refractivity contribution < 1.29 is 0 Å². The maximum atomic E-state index is 9.67. The Balaban J connectivity index is 1.98. The molecule has 1 saturated heterocycles. The molecule has 0 aromatic rings. The summed E-state index contributed by atoms with van der Waals surface area (Å²) in [5.74, 6) is 0.557. The maximum Gasteiger partial charge on any atom is 0.122 e. The van der Waals surface area contributed by atoms with Crippen LogP contribution in [0.2, 0.25) is 0 Å². The first-order valence-electron chi connectivity index (χ1n) is 7.66. The Morgan fingerprint density at radius 2 is 2.16 bits per heavy atom. The van der Waals surface area contributed by atoms with Gasteiger partial charge in [0.2, 0.25) is 0 Å². The first-order chi connectivity index (χ1) is 9.11. The molecule has 1 saturated carbocycles. The number of rotatable bonds is 6. The van der Waals surface area contributed by atoms with Crippen molar-refractivity contribution in [3.8, 4) is 6.07 Å². The number of nitrogens with one attached hydrogen (secondary N) is 1. The molecule has 19 heavy (non-hydrogen) atoms. The summed E-state index contributed by atoms with van der Waals surface area (Å²) in [4.78, 5) is 4.82. The second-order valence-corrected chi connectivity index (χ2v) is 6.36. The third-order valence-corrected chi connectivity index (χ3v) is 4.69. The van der Waals surface area contributed by atoms with Gasteiger partial charge in [0.05, 0.1) is 6.07 Å². The van der Waals surface area contributed by atoms with E-state index in [9.17, 15) is 5.26 Å². The molecular formula is C15H28N4. The maximum absolute atomic E-state index is 9.67. The molecular weight excluding hydrogens is 236 g/mol. The van der Waals surface area contributed by atoms with E-state index in [0.717, 1.165) is 19.6 Å². The van der Waals surface area contributed by atoms with Crippen molar-refractivity contribution in [3.05, 3.63) is 0 Å². The summed E-state index contributed by atoms with van der Waals surface area (Å²) in [6, 6.07) is 3.19.